The summed E-state index contributed by atoms with van der Waals surface area (Å²) in [7, 11) is 3.72. The molecule has 2 aromatic rings. The molecule has 0 aromatic heterocycles. The van der Waals surface area contributed by atoms with Crippen LogP contribution in [0.2, 0.25) is 0 Å². The van der Waals surface area contributed by atoms with Gasteiger partial charge in [-0.05, 0) is 49.9 Å². The zero-order chi connectivity index (χ0) is 30.1. The summed E-state index contributed by atoms with van der Waals surface area (Å²) in [6.07, 6.45) is 0.299. The van der Waals surface area contributed by atoms with Gasteiger partial charge in [-0.15, -0.1) is 0 Å². The summed E-state index contributed by atoms with van der Waals surface area (Å²) in [6, 6.07) is 13.2. The summed E-state index contributed by atoms with van der Waals surface area (Å²) in [5, 5.41) is 12.9. The molecule has 42 heavy (non-hydrogen) atoms. The Labute approximate surface area is 249 Å². The maximum absolute atomic E-state index is 13.5. The first-order valence-electron chi connectivity index (χ1n) is 14.9. The fraction of sp³-hybridized carbons (Fsp3) is 0.562. The van der Waals surface area contributed by atoms with E-state index in [1.807, 2.05) is 37.3 Å². The van der Waals surface area contributed by atoms with E-state index in [2.05, 4.69) is 41.2 Å². The SMILES string of the molecule is COc1ccc(CN(C)C[C@@H]2Oc3ccc(NC(=O)CCN4CCOCC4)cc3CC(=O)N([C@@H](C)CO)C[C@@H]2C)cc1. The number of fused-ring (bicyclic) bond motifs is 1. The van der Waals surface area contributed by atoms with E-state index in [-0.39, 0.29) is 42.9 Å². The molecule has 2 aliphatic heterocycles. The Kier molecular flexibility index (Phi) is 11.6. The molecule has 2 N–H and O–H groups in total. The molecule has 0 unspecified atom stereocenters. The Morgan fingerprint density at radius 3 is 2.62 bits per heavy atom. The number of rotatable bonds is 11. The van der Waals surface area contributed by atoms with Crippen molar-refractivity contribution in [3.05, 3.63) is 53.6 Å². The van der Waals surface area contributed by atoms with Crippen LogP contribution < -0.4 is 14.8 Å². The number of amides is 2. The third kappa shape index (κ3) is 8.91. The maximum atomic E-state index is 13.5. The first kappa shape index (κ1) is 31.7. The van der Waals surface area contributed by atoms with Crippen LogP contribution in [-0.2, 0) is 27.3 Å². The van der Waals surface area contributed by atoms with Gasteiger partial charge in [0, 0.05) is 62.9 Å². The van der Waals surface area contributed by atoms with Gasteiger partial charge < -0.3 is 29.5 Å². The predicted molar refractivity (Wildman–Crippen MR) is 162 cm³/mol. The zero-order valence-electron chi connectivity index (χ0n) is 25.4. The number of methoxy groups -OCH3 is 1. The van der Waals surface area contributed by atoms with Crippen LogP contribution in [0.1, 0.15) is 31.4 Å². The van der Waals surface area contributed by atoms with E-state index < -0.39 is 0 Å². The highest BCUT2D eigenvalue weighted by atomic mass is 16.5. The van der Waals surface area contributed by atoms with Crippen LogP contribution in [-0.4, -0.2) is 110 Å². The summed E-state index contributed by atoms with van der Waals surface area (Å²) >= 11 is 0. The molecule has 0 radical (unpaired) electrons. The van der Waals surface area contributed by atoms with Crippen LogP contribution in [0.3, 0.4) is 0 Å². The first-order chi connectivity index (χ1) is 20.2. The second kappa shape index (κ2) is 15.3. The number of likely N-dealkylation sites (N-methyl/N-ethyl adjacent to an activating group) is 1. The number of anilines is 1. The minimum absolute atomic E-state index is 0.00628. The van der Waals surface area contributed by atoms with Gasteiger partial charge in [0.2, 0.25) is 11.8 Å². The van der Waals surface area contributed by atoms with Crippen LogP contribution in [0.25, 0.3) is 0 Å². The molecule has 0 saturated carbocycles. The van der Waals surface area contributed by atoms with Crippen molar-refractivity contribution in [1.82, 2.24) is 14.7 Å². The minimum Gasteiger partial charge on any atom is -0.497 e. The quantitative estimate of drug-likeness (QED) is 0.417. The molecule has 3 atom stereocenters. The zero-order valence-corrected chi connectivity index (χ0v) is 25.4. The largest absolute Gasteiger partial charge is 0.497 e. The molecule has 10 heteroatoms. The maximum Gasteiger partial charge on any atom is 0.227 e. The van der Waals surface area contributed by atoms with Gasteiger partial charge in [0.25, 0.3) is 0 Å². The molecule has 4 rings (SSSR count). The second-order valence-corrected chi connectivity index (χ2v) is 11.5. The van der Waals surface area contributed by atoms with Gasteiger partial charge in [0.1, 0.15) is 17.6 Å². The summed E-state index contributed by atoms with van der Waals surface area (Å²) in [5.74, 6) is 1.33. The lowest BCUT2D eigenvalue weighted by Gasteiger charge is -2.34. The monoisotopic (exact) mass is 582 g/mol. The topological polar surface area (TPSA) is 104 Å². The molecule has 1 fully saturated rings. The Hall–Kier alpha value is -3.18. The number of carbonyl (C=O) groups is 2. The van der Waals surface area contributed by atoms with Crippen LogP contribution in [0.15, 0.2) is 42.5 Å². The third-order valence-electron chi connectivity index (χ3n) is 8.06. The van der Waals surface area contributed by atoms with E-state index in [1.54, 1.807) is 12.0 Å². The van der Waals surface area contributed by atoms with Crippen molar-refractivity contribution in [2.45, 2.75) is 45.4 Å². The third-order valence-corrected chi connectivity index (χ3v) is 8.06. The molecular weight excluding hydrogens is 536 g/mol. The van der Waals surface area contributed by atoms with Crippen LogP contribution in [0.5, 0.6) is 11.5 Å². The number of aliphatic hydroxyl groups is 1. The van der Waals surface area contributed by atoms with Crippen molar-refractivity contribution in [1.29, 1.82) is 0 Å². The van der Waals surface area contributed by atoms with Crippen molar-refractivity contribution < 1.29 is 28.9 Å². The van der Waals surface area contributed by atoms with E-state index in [0.29, 0.717) is 50.7 Å². The second-order valence-electron chi connectivity index (χ2n) is 11.5. The number of hydrogen-bond donors (Lipinski definition) is 2. The smallest absolute Gasteiger partial charge is 0.227 e. The normalized spacial score (nSPS) is 20.6. The summed E-state index contributed by atoms with van der Waals surface area (Å²) in [4.78, 5) is 32.4. The number of morpholine rings is 1. The lowest BCUT2D eigenvalue weighted by atomic mass is 10.0. The van der Waals surface area contributed by atoms with Crippen molar-refractivity contribution in [3.8, 4) is 11.5 Å². The fourth-order valence-electron chi connectivity index (χ4n) is 5.45. The molecule has 1 saturated heterocycles. The lowest BCUT2D eigenvalue weighted by molar-refractivity contribution is -0.134. The van der Waals surface area contributed by atoms with Gasteiger partial charge in [0.15, 0.2) is 0 Å². The summed E-state index contributed by atoms with van der Waals surface area (Å²) < 4.78 is 17.3. The average molecular weight is 583 g/mol. The number of nitrogens with zero attached hydrogens (tertiary/aromatic N) is 3. The van der Waals surface area contributed by atoms with Gasteiger partial charge in [-0.2, -0.15) is 0 Å². The Morgan fingerprint density at radius 1 is 1.19 bits per heavy atom. The molecule has 2 amide bonds. The van der Waals surface area contributed by atoms with Crippen LogP contribution in [0, 0.1) is 5.92 Å². The average Bonchev–Trinajstić information content (AvgIpc) is 3.04. The molecule has 0 aliphatic carbocycles. The summed E-state index contributed by atoms with van der Waals surface area (Å²) in [6.45, 7) is 9.42. The van der Waals surface area contributed by atoms with E-state index in [1.165, 1.54) is 0 Å². The highest BCUT2D eigenvalue weighted by Gasteiger charge is 2.31. The molecule has 0 spiro atoms. The molecule has 2 aromatic carbocycles. The van der Waals surface area contributed by atoms with Crippen LogP contribution in [0.4, 0.5) is 5.69 Å². The fourth-order valence-corrected chi connectivity index (χ4v) is 5.45. The predicted octanol–water partition coefficient (Wildman–Crippen LogP) is 2.64. The first-order valence-corrected chi connectivity index (χ1v) is 14.9. The minimum atomic E-state index is -0.317. The number of ether oxygens (including phenoxy) is 3. The molecule has 10 nitrogen and oxygen atoms in total. The van der Waals surface area contributed by atoms with E-state index in [0.717, 1.165) is 36.5 Å². The van der Waals surface area contributed by atoms with Crippen LogP contribution >= 0.6 is 0 Å². The van der Waals surface area contributed by atoms with Crippen molar-refractivity contribution >= 4 is 17.5 Å². The standard InChI is InChI=1S/C32H46N4O6/c1-23-19-36(24(2)22-37)32(39)18-26-17-27(33-31(38)11-12-35-13-15-41-16-14-35)7-10-29(26)42-30(23)21-34(3)20-25-5-8-28(40-4)9-6-25/h5-10,17,23-24,30,37H,11-16,18-22H2,1-4H3,(H,33,38)/t23-,24-,30-/m0/s1. The van der Waals surface area contributed by atoms with Gasteiger partial charge in [-0.1, -0.05) is 19.1 Å². The molecule has 0 bridgehead atoms. The lowest BCUT2D eigenvalue weighted by Crippen LogP contribution is -2.47. The van der Waals surface area contributed by atoms with E-state index in [4.69, 9.17) is 14.2 Å². The van der Waals surface area contributed by atoms with Crippen molar-refractivity contribution in [2.24, 2.45) is 5.92 Å². The molecular formula is C32H46N4O6. The van der Waals surface area contributed by atoms with Gasteiger partial charge >= 0.3 is 0 Å². The Balaban J connectivity index is 1.49. The Morgan fingerprint density at radius 2 is 1.93 bits per heavy atom. The molecule has 230 valence electrons. The van der Waals surface area contributed by atoms with E-state index in [9.17, 15) is 14.7 Å². The molecule has 2 heterocycles. The van der Waals surface area contributed by atoms with Crippen molar-refractivity contribution in [3.63, 3.8) is 0 Å². The highest BCUT2D eigenvalue weighted by molar-refractivity contribution is 5.91. The number of aliphatic hydroxyl groups excluding tert-OH is 1. The highest BCUT2D eigenvalue weighted by Crippen LogP contribution is 2.29. The Bertz CT molecular complexity index is 1170. The number of benzene rings is 2. The summed E-state index contributed by atoms with van der Waals surface area (Å²) in [5.41, 5.74) is 2.52. The number of nitrogens with one attached hydrogen (secondary N) is 1. The van der Waals surface area contributed by atoms with Gasteiger partial charge in [0.05, 0.1) is 39.4 Å². The van der Waals surface area contributed by atoms with E-state index >= 15 is 0 Å². The van der Waals surface area contributed by atoms with Crippen molar-refractivity contribution in [2.75, 3.05) is 72.0 Å². The van der Waals surface area contributed by atoms with Gasteiger partial charge in [-0.3, -0.25) is 19.4 Å². The number of hydrogen-bond acceptors (Lipinski definition) is 8. The number of carbonyl (C=O) groups excluding carboxylic acids is 2. The molecule has 2 aliphatic rings. The van der Waals surface area contributed by atoms with Gasteiger partial charge in [-0.25, -0.2) is 0 Å².